The molecule has 104 valence electrons. The molecule has 2 aromatic rings. The van der Waals surface area contributed by atoms with E-state index in [0.29, 0.717) is 11.8 Å². The van der Waals surface area contributed by atoms with Crippen LogP contribution in [0.5, 0.6) is 0 Å². The van der Waals surface area contributed by atoms with E-state index in [0.717, 1.165) is 47.3 Å². The number of halogens is 1. The molecule has 0 spiro atoms. The van der Waals surface area contributed by atoms with Crippen LogP contribution in [0.4, 0.5) is 0 Å². The van der Waals surface area contributed by atoms with E-state index in [1.54, 1.807) is 0 Å². The lowest BCUT2D eigenvalue weighted by molar-refractivity contribution is 0.330. The van der Waals surface area contributed by atoms with Gasteiger partial charge in [-0.05, 0) is 59.3 Å². The van der Waals surface area contributed by atoms with Crippen molar-refractivity contribution in [3.8, 4) is 0 Å². The highest BCUT2D eigenvalue weighted by Crippen LogP contribution is 2.26. The summed E-state index contributed by atoms with van der Waals surface area (Å²) in [7, 11) is 0. The Morgan fingerprint density at radius 1 is 1.32 bits per heavy atom. The highest BCUT2D eigenvalue weighted by Gasteiger charge is 2.15. The van der Waals surface area contributed by atoms with E-state index >= 15 is 0 Å². The molecule has 0 aliphatic heterocycles. The number of nitrogens with zero attached hydrogens (tertiary/aromatic N) is 1. The quantitative estimate of drug-likeness (QED) is 0.868. The molecular formula is C15H21BrN2O. The third kappa shape index (κ3) is 3.57. The lowest BCUT2D eigenvalue weighted by Crippen LogP contribution is -2.15. The van der Waals surface area contributed by atoms with Gasteiger partial charge in [-0.1, -0.05) is 19.9 Å². The molecule has 1 aromatic heterocycles. The summed E-state index contributed by atoms with van der Waals surface area (Å²) in [5.74, 6) is 2.12. The summed E-state index contributed by atoms with van der Waals surface area (Å²) in [6.45, 7) is 5.26. The number of hydrogen-bond acceptors (Lipinski definition) is 3. The van der Waals surface area contributed by atoms with Gasteiger partial charge in [-0.25, -0.2) is 4.98 Å². The van der Waals surface area contributed by atoms with Gasteiger partial charge in [0.15, 0.2) is 11.5 Å². The fourth-order valence-electron chi connectivity index (χ4n) is 2.40. The number of nitrogens with two attached hydrogens (primary N) is 1. The van der Waals surface area contributed by atoms with Gasteiger partial charge in [0.05, 0.1) is 4.47 Å². The van der Waals surface area contributed by atoms with Crippen LogP contribution < -0.4 is 5.73 Å². The van der Waals surface area contributed by atoms with Crippen molar-refractivity contribution in [2.24, 2.45) is 17.6 Å². The van der Waals surface area contributed by atoms with Crippen molar-refractivity contribution in [1.82, 2.24) is 4.98 Å². The van der Waals surface area contributed by atoms with E-state index in [1.807, 2.05) is 18.2 Å². The Morgan fingerprint density at radius 3 is 2.74 bits per heavy atom. The van der Waals surface area contributed by atoms with Crippen LogP contribution in [0.25, 0.3) is 11.1 Å². The summed E-state index contributed by atoms with van der Waals surface area (Å²) in [6.07, 6.45) is 3.03. The standard InChI is InChI=1S/C15H21BrN2O/c1-10(2)11(8-9-17)6-7-14-18-13-5-3-4-12(16)15(13)19-14/h3-5,10-11H,6-9,17H2,1-2H3. The van der Waals surface area contributed by atoms with Gasteiger partial charge in [0.2, 0.25) is 0 Å². The summed E-state index contributed by atoms with van der Waals surface area (Å²) >= 11 is 3.49. The van der Waals surface area contributed by atoms with Crippen LogP contribution in [0.2, 0.25) is 0 Å². The normalized spacial score (nSPS) is 13.3. The average Bonchev–Trinajstić information content (AvgIpc) is 2.78. The monoisotopic (exact) mass is 324 g/mol. The minimum Gasteiger partial charge on any atom is -0.440 e. The number of rotatable bonds is 6. The van der Waals surface area contributed by atoms with Crippen molar-refractivity contribution >= 4 is 27.0 Å². The number of para-hydroxylation sites is 1. The number of aryl methyl sites for hydroxylation is 1. The van der Waals surface area contributed by atoms with Crippen LogP contribution in [-0.2, 0) is 6.42 Å². The number of benzene rings is 1. The zero-order chi connectivity index (χ0) is 13.8. The molecule has 1 atom stereocenters. The Labute approximate surface area is 122 Å². The van der Waals surface area contributed by atoms with Crippen LogP contribution in [0.3, 0.4) is 0 Å². The number of fused-ring (bicyclic) bond motifs is 1. The maximum absolute atomic E-state index is 5.82. The van der Waals surface area contributed by atoms with Gasteiger partial charge in [-0.2, -0.15) is 0 Å². The third-order valence-electron chi connectivity index (χ3n) is 3.62. The maximum Gasteiger partial charge on any atom is 0.195 e. The molecule has 2 rings (SSSR count). The molecule has 3 nitrogen and oxygen atoms in total. The second-order valence-electron chi connectivity index (χ2n) is 5.32. The first kappa shape index (κ1) is 14.5. The minimum atomic E-state index is 0.642. The van der Waals surface area contributed by atoms with Crippen molar-refractivity contribution < 1.29 is 4.42 Å². The highest BCUT2D eigenvalue weighted by molar-refractivity contribution is 9.10. The van der Waals surface area contributed by atoms with Gasteiger partial charge in [-0.15, -0.1) is 0 Å². The largest absolute Gasteiger partial charge is 0.440 e. The van der Waals surface area contributed by atoms with Crippen molar-refractivity contribution in [1.29, 1.82) is 0 Å². The first-order valence-corrected chi connectivity index (χ1v) is 7.65. The van der Waals surface area contributed by atoms with Gasteiger partial charge in [0.1, 0.15) is 5.52 Å². The second-order valence-corrected chi connectivity index (χ2v) is 6.17. The van der Waals surface area contributed by atoms with Crippen LogP contribution in [0.15, 0.2) is 27.1 Å². The topological polar surface area (TPSA) is 52.0 Å². The Balaban J connectivity index is 2.07. The van der Waals surface area contributed by atoms with Crippen molar-refractivity contribution in [3.63, 3.8) is 0 Å². The predicted octanol–water partition coefficient (Wildman–Crippen LogP) is 4.14. The molecule has 1 aromatic carbocycles. The van der Waals surface area contributed by atoms with E-state index in [4.69, 9.17) is 10.2 Å². The third-order valence-corrected chi connectivity index (χ3v) is 4.24. The molecule has 4 heteroatoms. The van der Waals surface area contributed by atoms with Gasteiger partial charge in [0.25, 0.3) is 0 Å². The number of aromatic nitrogens is 1. The Bertz CT molecular complexity index is 536. The van der Waals surface area contributed by atoms with Crippen molar-refractivity contribution in [2.45, 2.75) is 33.1 Å². The molecule has 0 aliphatic carbocycles. The smallest absolute Gasteiger partial charge is 0.195 e. The molecule has 0 radical (unpaired) electrons. The van der Waals surface area contributed by atoms with E-state index in [-0.39, 0.29) is 0 Å². The van der Waals surface area contributed by atoms with Crippen LogP contribution in [0, 0.1) is 11.8 Å². The molecule has 0 aliphatic rings. The zero-order valence-corrected chi connectivity index (χ0v) is 13.1. The maximum atomic E-state index is 5.82. The van der Waals surface area contributed by atoms with Gasteiger partial charge in [0, 0.05) is 6.42 Å². The molecule has 0 saturated carbocycles. The summed E-state index contributed by atoms with van der Waals surface area (Å²) in [5, 5.41) is 0. The molecule has 1 unspecified atom stereocenters. The molecule has 1 heterocycles. The summed E-state index contributed by atoms with van der Waals surface area (Å²) in [4.78, 5) is 4.54. The van der Waals surface area contributed by atoms with Crippen LogP contribution in [0.1, 0.15) is 32.6 Å². The van der Waals surface area contributed by atoms with Crippen molar-refractivity contribution in [3.05, 3.63) is 28.6 Å². The first-order chi connectivity index (χ1) is 9.11. The van der Waals surface area contributed by atoms with Crippen molar-refractivity contribution in [2.75, 3.05) is 6.54 Å². The summed E-state index contributed by atoms with van der Waals surface area (Å²) in [6, 6.07) is 5.93. The van der Waals surface area contributed by atoms with Gasteiger partial charge < -0.3 is 10.2 Å². The average molecular weight is 325 g/mol. The van der Waals surface area contributed by atoms with Gasteiger partial charge >= 0.3 is 0 Å². The van der Waals surface area contributed by atoms with Gasteiger partial charge in [-0.3, -0.25) is 0 Å². The lowest BCUT2D eigenvalue weighted by Gasteiger charge is -2.18. The fraction of sp³-hybridized carbons (Fsp3) is 0.533. The lowest BCUT2D eigenvalue weighted by atomic mass is 9.88. The Hall–Kier alpha value is -0.870. The van der Waals surface area contributed by atoms with Crippen LogP contribution >= 0.6 is 15.9 Å². The minimum absolute atomic E-state index is 0.642. The molecular weight excluding hydrogens is 304 g/mol. The molecule has 0 bridgehead atoms. The Kier molecular flexibility index (Phi) is 4.99. The highest BCUT2D eigenvalue weighted by atomic mass is 79.9. The Morgan fingerprint density at radius 2 is 2.11 bits per heavy atom. The molecule has 0 amide bonds. The SMILES string of the molecule is CC(C)C(CCN)CCc1nc2cccc(Br)c2o1. The van der Waals surface area contributed by atoms with E-state index < -0.39 is 0 Å². The zero-order valence-electron chi connectivity index (χ0n) is 11.5. The fourth-order valence-corrected chi connectivity index (χ4v) is 2.84. The first-order valence-electron chi connectivity index (χ1n) is 6.85. The number of hydrogen-bond donors (Lipinski definition) is 1. The van der Waals surface area contributed by atoms with E-state index in [2.05, 4.69) is 34.8 Å². The predicted molar refractivity (Wildman–Crippen MR) is 82.0 cm³/mol. The van der Waals surface area contributed by atoms with E-state index in [1.165, 1.54) is 0 Å². The molecule has 0 saturated heterocycles. The molecule has 19 heavy (non-hydrogen) atoms. The second kappa shape index (κ2) is 6.53. The summed E-state index contributed by atoms with van der Waals surface area (Å²) in [5.41, 5.74) is 7.44. The molecule has 0 fully saturated rings. The number of oxazole rings is 1. The summed E-state index contributed by atoms with van der Waals surface area (Å²) < 4.78 is 6.78. The van der Waals surface area contributed by atoms with Crippen LogP contribution in [-0.4, -0.2) is 11.5 Å². The molecule has 2 N–H and O–H groups in total. The van der Waals surface area contributed by atoms with E-state index in [9.17, 15) is 0 Å².